The second-order valence-corrected chi connectivity index (χ2v) is 19.1. The summed E-state index contributed by atoms with van der Waals surface area (Å²) in [6.07, 6.45) is 9.07. The zero-order valence-corrected chi connectivity index (χ0v) is 37.6. The van der Waals surface area contributed by atoms with Crippen LogP contribution in [0, 0.1) is 0 Å². The summed E-state index contributed by atoms with van der Waals surface area (Å²) in [5.41, 5.74) is 22.4. The van der Waals surface area contributed by atoms with Crippen LogP contribution in [0.1, 0.15) is 84.0 Å². The fraction of sp³-hybridized carbons (Fsp3) is 0.138. The van der Waals surface area contributed by atoms with Crippen LogP contribution >= 0.6 is 0 Å². The summed E-state index contributed by atoms with van der Waals surface area (Å²) in [6, 6.07) is 80.4. The second kappa shape index (κ2) is 14.8. The summed E-state index contributed by atoms with van der Waals surface area (Å²) in [5.74, 6) is 0. The molecule has 0 unspecified atom stereocenters. The van der Waals surface area contributed by atoms with Gasteiger partial charge in [0, 0.05) is 27.6 Å². The Balaban J connectivity index is 1.02. The minimum absolute atomic E-state index is 0.0226. The molecular formula is C65H51N. The van der Waals surface area contributed by atoms with Crippen LogP contribution < -0.4 is 4.90 Å². The average molecular weight is 846 g/mol. The number of hydrogen-bond donors (Lipinski definition) is 0. The van der Waals surface area contributed by atoms with Crippen LogP contribution in [0.3, 0.4) is 0 Å². The molecule has 2 spiro atoms. The van der Waals surface area contributed by atoms with Crippen LogP contribution in [0.25, 0.3) is 38.6 Å². The molecule has 0 N–H and O–H groups in total. The summed E-state index contributed by atoms with van der Waals surface area (Å²) in [5, 5.41) is 2.47. The molecule has 1 saturated carbocycles. The van der Waals surface area contributed by atoms with Crippen molar-refractivity contribution in [1.82, 2.24) is 0 Å². The van der Waals surface area contributed by atoms with Gasteiger partial charge in [0.05, 0.1) is 11.1 Å². The van der Waals surface area contributed by atoms with Gasteiger partial charge >= 0.3 is 0 Å². The van der Waals surface area contributed by atoms with Crippen molar-refractivity contribution in [3.8, 4) is 22.3 Å². The molecule has 0 heterocycles. The highest BCUT2D eigenvalue weighted by Gasteiger charge is 2.53. The van der Waals surface area contributed by atoms with E-state index in [4.69, 9.17) is 0 Å². The van der Waals surface area contributed by atoms with E-state index in [-0.39, 0.29) is 10.8 Å². The number of allylic oxidation sites excluding steroid dienone is 4. The molecule has 9 aromatic carbocycles. The zero-order chi connectivity index (χ0) is 44.0. The summed E-state index contributed by atoms with van der Waals surface area (Å²) in [4.78, 5) is 2.57. The highest BCUT2D eigenvalue weighted by atomic mass is 15.1. The van der Waals surface area contributed by atoms with Gasteiger partial charge in [0.25, 0.3) is 0 Å². The van der Waals surface area contributed by atoms with Gasteiger partial charge in [-0.2, -0.15) is 0 Å². The molecule has 0 amide bonds. The third-order valence-electron chi connectivity index (χ3n) is 16.3. The first kappa shape index (κ1) is 38.9. The topological polar surface area (TPSA) is 3.24 Å². The van der Waals surface area contributed by atoms with Gasteiger partial charge in [-0.15, -0.1) is 0 Å². The standard InChI is InChI=1S/C65H51N/c1-3-19-56-44(2)50-26-12-15-30-57(50)63(56)38-40-64(41-39-63)58-31-16-13-28-52(58)54-36-34-48(42-60(54)64)66(62-33-18-21-45-20-10-11-27-51(45)62)49-35-37-55-53-29-14-17-32-59(53)65(61(55)43-49,46-22-6-4-7-23-46)47-24-8-5-9-25-47/h3-37,42-43H,38-41H2,1-2H3/b19-3-. The van der Waals surface area contributed by atoms with E-state index in [9.17, 15) is 0 Å². The van der Waals surface area contributed by atoms with Crippen molar-refractivity contribution in [3.05, 3.63) is 275 Å². The molecule has 4 aliphatic carbocycles. The minimum Gasteiger partial charge on any atom is -0.310 e. The lowest BCUT2D eigenvalue weighted by Crippen LogP contribution is -2.39. The van der Waals surface area contributed by atoms with Gasteiger partial charge in [0.1, 0.15) is 0 Å². The molecule has 0 aromatic heterocycles. The SMILES string of the molecule is C/C=C\C1=C(C)c2ccccc2C12CCC1(CC2)c2ccccc2-c2ccc(N(c3ccc4c(c3)C(c3ccccc3)(c3ccccc3)c3ccccc3-4)c3cccc4ccccc34)cc21. The van der Waals surface area contributed by atoms with Crippen molar-refractivity contribution in [1.29, 1.82) is 0 Å². The van der Waals surface area contributed by atoms with Crippen molar-refractivity contribution in [3.63, 3.8) is 0 Å². The summed E-state index contributed by atoms with van der Waals surface area (Å²) >= 11 is 0. The molecule has 9 aromatic rings. The van der Waals surface area contributed by atoms with Crippen molar-refractivity contribution in [2.75, 3.05) is 4.90 Å². The molecule has 4 aliphatic rings. The lowest BCUT2D eigenvalue weighted by molar-refractivity contribution is 0.263. The lowest BCUT2D eigenvalue weighted by Gasteiger charge is -2.46. The van der Waals surface area contributed by atoms with Crippen LogP contribution in [0.15, 0.2) is 230 Å². The van der Waals surface area contributed by atoms with E-state index < -0.39 is 5.41 Å². The molecule has 0 saturated heterocycles. The van der Waals surface area contributed by atoms with Crippen LogP contribution in [0.2, 0.25) is 0 Å². The van der Waals surface area contributed by atoms with Crippen molar-refractivity contribution in [2.24, 2.45) is 0 Å². The van der Waals surface area contributed by atoms with E-state index in [1.165, 1.54) is 100 Å². The Kier molecular flexibility index (Phi) is 8.72. The van der Waals surface area contributed by atoms with Crippen LogP contribution in [0.5, 0.6) is 0 Å². The summed E-state index contributed by atoms with van der Waals surface area (Å²) < 4.78 is 0. The molecule has 0 radical (unpaired) electrons. The predicted molar refractivity (Wildman–Crippen MR) is 276 cm³/mol. The Hall–Kier alpha value is -7.48. The van der Waals surface area contributed by atoms with Crippen molar-refractivity contribution in [2.45, 2.75) is 55.8 Å². The molecule has 0 bridgehead atoms. The average Bonchev–Trinajstić information content (AvgIpc) is 3.92. The normalized spacial score (nSPS) is 19.5. The molecule has 316 valence electrons. The number of benzene rings is 9. The van der Waals surface area contributed by atoms with E-state index in [0.717, 1.165) is 31.4 Å². The molecule has 13 rings (SSSR count). The maximum atomic E-state index is 2.59. The maximum Gasteiger partial charge on any atom is 0.0714 e. The minimum atomic E-state index is -0.506. The zero-order valence-electron chi connectivity index (χ0n) is 37.6. The Morgan fingerprint density at radius 2 is 0.894 bits per heavy atom. The largest absolute Gasteiger partial charge is 0.310 e. The lowest BCUT2D eigenvalue weighted by atomic mass is 9.57. The summed E-state index contributed by atoms with van der Waals surface area (Å²) in [6.45, 7) is 4.53. The molecule has 0 atom stereocenters. The molecule has 1 nitrogen and oxygen atoms in total. The van der Waals surface area contributed by atoms with Gasteiger partial charge in [-0.1, -0.05) is 194 Å². The molecule has 1 heteroatoms. The number of anilines is 3. The molecule has 0 aliphatic heterocycles. The Bertz CT molecular complexity index is 3410. The number of hydrogen-bond acceptors (Lipinski definition) is 1. The smallest absolute Gasteiger partial charge is 0.0714 e. The highest BCUT2D eigenvalue weighted by Crippen LogP contribution is 2.64. The van der Waals surface area contributed by atoms with E-state index in [2.05, 4.69) is 243 Å². The first-order valence-electron chi connectivity index (χ1n) is 23.9. The Morgan fingerprint density at radius 1 is 0.409 bits per heavy atom. The third-order valence-corrected chi connectivity index (χ3v) is 16.3. The first-order valence-corrected chi connectivity index (χ1v) is 23.9. The van der Waals surface area contributed by atoms with E-state index >= 15 is 0 Å². The number of nitrogens with zero attached hydrogens (tertiary/aromatic N) is 1. The Labute approximate surface area is 389 Å². The van der Waals surface area contributed by atoms with E-state index in [1.807, 2.05) is 0 Å². The first-order chi connectivity index (χ1) is 32.6. The Morgan fingerprint density at radius 3 is 1.56 bits per heavy atom. The fourth-order valence-electron chi connectivity index (χ4n) is 13.5. The number of fused-ring (bicyclic) bond motifs is 11. The van der Waals surface area contributed by atoms with Gasteiger partial charge in [-0.3, -0.25) is 0 Å². The van der Waals surface area contributed by atoms with Gasteiger partial charge in [0.15, 0.2) is 0 Å². The van der Waals surface area contributed by atoms with Crippen LogP contribution in [-0.2, 0) is 16.2 Å². The molecular weight excluding hydrogens is 795 g/mol. The molecule has 1 fully saturated rings. The quantitative estimate of drug-likeness (QED) is 0.161. The van der Waals surface area contributed by atoms with Crippen LogP contribution in [-0.4, -0.2) is 0 Å². The van der Waals surface area contributed by atoms with Gasteiger partial charge in [-0.25, -0.2) is 0 Å². The molecule has 66 heavy (non-hydrogen) atoms. The van der Waals surface area contributed by atoms with Gasteiger partial charge in [0.2, 0.25) is 0 Å². The highest BCUT2D eigenvalue weighted by molar-refractivity contribution is 6.00. The summed E-state index contributed by atoms with van der Waals surface area (Å²) in [7, 11) is 0. The second-order valence-electron chi connectivity index (χ2n) is 19.1. The van der Waals surface area contributed by atoms with Crippen molar-refractivity contribution < 1.29 is 0 Å². The fourth-order valence-corrected chi connectivity index (χ4v) is 13.5. The number of rotatable bonds is 6. The maximum absolute atomic E-state index is 2.59. The van der Waals surface area contributed by atoms with E-state index in [1.54, 1.807) is 0 Å². The van der Waals surface area contributed by atoms with Crippen LogP contribution in [0.4, 0.5) is 17.1 Å². The monoisotopic (exact) mass is 845 g/mol. The van der Waals surface area contributed by atoms with Gasteiger partial charge < -0.3 is 4.90 Å². The third kappa shape index (κ3) is 5.29. The van der Waals surface area contributed by atoms with E-state index in [0.29, 0.717) is 0 Å². The van der Waals surface area contributed by atoms with Crippen molar-refractivity contribution >= 4 is 33.4 Å². The predicted octanol–water partition coefficient (Wildman–Crippen LogP) is 16.8. The van der Waals surface area contributed by atoms with Gasteiger partial charge in [-0.05, 0) is 153 Å².